The third-order valence-corrected chi connectivity index (χ3v) is 5.11. The standard InChI is InChI=1S/C21H32N2O3/c1-20(2)12-15(13-21(3,4)23-20)22-19(24)17-9-5-6-10-18(17)26-14-16-8-7-11-25-16/h5-6,9-10,15-16,23H,7-8,11-14H2,1-4H3,(H,22,24)/t16-/m1/s1. The third-order valence-electron chi connectivity index (χ3n) is 5.11. The molecule has 0 saturated carbocycles. The first-order chi connectivity index (χ1) is 12.2. The van der Waals surface area contributed by atoms with E-state index in [9.17, 15) is 4.79 Å². The van der Waals surface area contributed by atoms with Crippen LogP contribution >= 0.6 is 0 Å². The molecule has 5 heteroatoms. The van der Waals surface area contributed by atoms with Gasteiger partial charge in [0.15, 0.2) is 0 Å². The van der Waals surface area contributed by atoms with Gasteiger partial charge in [0.05, 0.1) is 11.7 Å². The van der Waals surface area contributed by atoms with Gasteiger partial charge in [-0.3, -0.25) is 4.79 Å². The molecule has 1 atom stereocenters. The average Bonchev–Trinajstić information content (AvgIpc) is 3.03. The SMILES string of the molecule is CC1(C)CC(NC(=O)c2ccccc2OC[C@H]2CCCO2)CC(C)(C)N1. The van der Waals surface area contributed by atoms with Crippen molar-refractivity contribution in [2.75, 3.05) is 13.2 Å². The van der Waals surface area contributed by atoms with Gasteiger partial charge in [0.1, 0.15) is 12.4 Å². The average molecular weight is 360 g/mol. The van der Waals surface area contributed by atoms with Crippen molar-refractivity contribution in [3.05, 3.63) is 29.8 Å². The van der Waals surface area contributed by atoms with Gasteiger partial charge in [0, 0.05) is 23.7 Å². The molecule has 2 aliphatic heterocycles. The van der Waals surface area contributed by atoms with Gasteiger partial charge in [0.2, 0.25) is 0 Å². The van der Waals surface area contributed by atoms with Crippen molar-refractivity contribution >= 4 is 5.91 Å². The normalized spacial score (nSPS) is 25.0. The molecule has 2 saturated heterocycles. The Morgan fingerprint density at radius 2 is 1.92 bits per heavy atom. The summed E-state index contributed by atoms with van der Waals surface area (Å²) in [6.07, 6.45) is 4.05. The Morgan fingerprint density at radius 1 is 1.23 bits per heavy atom. The Morgan fingerprint density at radius 3 is 2.58 bits per heavy atom. The van der Waals surface area contributed by atoms with Gasteiger partial charge in [-0.2, -0.15) is 0 Å². The van der Waals surface area contributed by atoms with Crippen LogP contribution in [0.1, 0.15) is 63.7 Å². The van der Waals surface area contributed by atoms with Gasteiger partial charge >= 0.3 is 0 Å². The zero-order valence-corrected chi connectivity index (χ0v) is 16.4. The number of ether oxygens (including phenoxy) is 2. The molecule has 0 bridgehead atoms. The molecule has 26 heavy (non-hydrogen) atoms. The summed E-state index contributed by atoms with van der Waals surface area (Å²) < 4.78 is 11.5. The molecule has 0 aliphatic carbocycles. The zero-order chi connectivity index (χ0) is 18.8. The van der Waals surface area contributed by atoms with Crippen molar-refractivity contribution in [1.29, 1.82) is 0 Å². The summed E-state index contributed by atoms with van der Waals surface area (Å²) in [6.45, 7) is 10.0. The molecule has 0 unspecified atom stereocenters. The fourth-order valence-electron chi connectivity index (χ4n) is 4.43. The van der Waals surface area contributed by atoms with Gasteiger partial charge in [0.25, 0.3) is 5.91 Å². The van der Waals surface area contributed by atoms with Crippen LogP contribution in [0.4, 0.5) is 0 Å². The number of rotatable bonds is 5. The van der Waals surface area contributed by atoms with E-state index in [4.69, 9.17) is 9.47 Å². The molecular weight excluding hydrogens is 328 g/mol. The Balaban J connectivity index is 1.65. The van der Waals surface area contributed by atoms with Crippen LogP contribution in [0.3, 0.4) is 0 Å². The lowest BCUT2D eigenvalue weighted by atomic mass is 9.79. The van der Waals surface area contributed by atoms with Gasteiger partial charge in [-0.05, 0) is 65.5 Å². The number of para-hydroxylation sites is 1. The molecule has 2 N–H and O–H groups in total. The topological polar surface area (TPSA) is 59.6 Å². The van der Waals surface area contributed by atoms with E-state index in [0.717, 1.165) is 32.3 Å². The van der Waals surface area contributed by atoms with E-state index in [0.29, 0.717) is 17.9 Å². The number of carbonyl (C=O) groups is 1. The Kier molecular flexibility index (Phi) is 5.58. The molecule has 144 valence electrons. The number of nitrogens with one attached hydrogen (secondary N) is 2. The number of piperidine rings is 1. The molecule has 1 amide bonds. The van der Waals surface area contributed by atoms with Crippen LogP contribution < -0.4 is 15.4 Å². The second-order valence-corrected chi connectivity index (χ2v) is 8.91. The summed E-state index contributed by atoms with van der Waals surface area (Å²) in [7, 11) is 0. The lowest BCUT2D eigenvalue weighted by Crippen LogP contribution is -2.62. The van der Waals surface area contributed by atoms with Crippen molar-refractivity contribution in [2.45, 2.75) is 76.6 Å². The summed E-state index contributed by atoms with van der Waals surface area (Å²) in [5, 5.41) is 6.87. The molecule has 3 rings (SSSR count). The second-order valence-electron chi connectivity index (χ2n) is 8.91. The lowest BCUT2D eigenvalue weighted by Gasteiger charge is -2.46. The fraction of sp³-hybridized carbons (Fsp3) is 0.667. The molecule has 0 aromatic heterocycles. The van der Waals surface area contributed by atoms with E-state index in [1.54, 1.807) is 0 Å². The maximum absolute atomic E-state index is 12.9. The Hall–Kier alpha value is -1.59. The quantitative estimate of drug-likeness (QED) is 0.846. The Bertz CT molecular complexity index is 620. The van der Waals surface area contributed by atoms with Crippen LogP contribution in [0.15, 0.2) is 24.3 Å². The maximum atomic E-state index is 12.9. The van der Waals surface area contributed by atoms with Crippen molar-refractivity contribution < 1.29 is 14.3 Å². The first kappa shape index (κ1) is 19.2. The lowest BCUT2D eigenvalue weighted by molar-refractivity contribution is 0.0667. The minimum atomic E-state index is -0.0635. The number of amides is 1. The first-order valence-corrected chi connectivity index (χ1v) is 9.68. The molecule has 2 heterocycles. The third kappa shape index (κ3) is 4.98. The largest absolute Gasteiger partial charge is 0.490 e. The summed E-state index contributed by atoms with van der Waals surface area (Å²) in [4.78, 5) is 12.9. The van der Waals surface area contributed by atoms with Crippen LogP contribution in [0.2, 0.25) is 0 Å². The minimum Gasteiger partial charge on any atom is -0.490 e. The molecule has 0 spiro atoms. The van der Waals surface area contributed by atoms with E-state index >= 15 is 0 Å². The molecule has 1 aromatic rings. The highest BCUT2D eigenvalue weighted by atomic mass is 16.5. The highest BCUT2D eigenvalue weighted by molar-refractivity contribution is 5.97. The smallest absolute Gasteiger partial charge is 0.255 e. The van der Waals surface area contributed by atoms with E-state index < -0.39 is 0 Å². The van der Waals surface area contributed by atoms with Gasteiger partial charge in [-0.25, -0.2) is 0 Å². The molecule has 2 fully saturated rings. The summed E-state index contributed by atoms with van der Waals surface area (Å²) in [5.74, 6) is 0.569. The fourth-order valence-corrected chi connectivity index (χ4v) is 4.43. The van der Waals surface area contributed by atoms with Gasteiger partial charge in [-0.1, -0.05) is 12.1 Å². The Labute approximate surface area is 156 Å². The molecule has 2 aliphatic rings. The second kappa shape index (κ2) is 7.57. The number of hydrogen-bond donors (Lipinski definition) is 2. The molecular formula is C21H32N2O3. The van der Waals surface area contributed by atoms with Crippen molar-refractivity contribution in [1.82, 2.24) is 10.6 Å². The summed E-state index contributed by atoms with van der Waals surface area (Å²) in [5.41, 5.74) is 0.588. The van der Waals surface area contributed by atoms with Crippen molar-refractivity contribution in [3.63, 3.8) is 0 Å². The van der Waals surface area contributed by atoms with Gasteiger partial charge < -0.3 is 20.1 Å². The van der Waals surface area contributed by atoms with Crippen LogP contribution in [0, 0.1) is 0 Å². The van der Waals surface area contributed by atoms with E-state index in [1.165, 1.54) is 0 Å². The summed E-state index contributed by atoms with van der Waals surface area (Å²) >= 11 is 0. The van der Waals surface area contributed by atoms with Crippen molar-refractivity contribution in [2.24, 2.45) is 0 Å². The van der Waals surface area contributed by atoms with Crippen LogP contribution in [0.25, 0.3) is 0 Å². The highest BCUT2D eigenvalue weighted by Gasteiger charge is 2.38. The zero-order valence-electron chi connectivity index (χ0n) is 16.4. The van der Waals surface area contributed by atoms with E-state index in [2.05, 4.69) is 38.3 Å². The molecule has 1 aromatic carbocycles. The van der Waals surface area contributed by atoms with Gasteiger partial charge in [-0.15, -0.1) is 0 Å². The summed E-state index contributed by atoms with van der Waals surface area (Å²) in [6, 6.07) is 7.61. The minimum absolute atomic E-state index is 0.00444. The number of benzene rings is 1. The molecule has 5 nitrogen and oxygen atoms in total. The van der Waals surface area contributed by atoms with E-state index in [1.807, 2.05) is 24.3 Å². The molecule has 0 radical (unpaired) electrons. The maximum Gasteiger partial charge on any atom is 0.255 e. The van der Waals surface area contributed by atoms with Crippen LogP contribution in [0.5, 0.6) is 5.75 Å². The first-order valence-electron chi connectivity index (χ1n) is 9.68. The van der Waals surface area contributed by atoms with Crippen LogP contribution in [-0.2, 0) is 4.74 Å². The van der Waals surface area contributed by atoms with Crippen LogP contribution in [-0.4, -0.2) is 42.3 Å². The van der Waals surface area contributed by atoms with Crippen molar-refractivity contribution in [3.8, 4) is 5.75 Å². The van der Waals surface area contributed by atoms with E-state index in [-0.39, 0.29) is 29.1 Å². The number of carbonyl (C=O) groups excluding carboxylic acids is 1. The predicted octanol–water partition coefficient (Wildman–Crippen LogP) is 3.28. The predicted molar refractivity (Wildman–Crippen MR) is 103 cm³/mol. The highest BCUT2D eigenvalue weighted by Crippen LogP contribution is 2.29. The number of hydrogen-bond acceptors (Lipinski definition) is 4. The monoisotopic (exact) mass is 360 g/mol.